The largest absolute Gasteiger partial charge is 0.494 e. The second-order valence-electron chi connectivity index (χ2n) is 4.86. The summed E-state index contributed by atoms with van der Waals surface area (Å²) in [5, 5.41) is 0. The van der Waals surface area contributed by atoms with E-state index in [1.165, 1.54) is 5.56 Å². The summed E-state index contributed by atoms with van der Waals surface area (Å²) in [6.07, 6.45) is 1.51. The van der Waals surface area contributed by atoms with Crippen molar-refractivity contribution in [3.05, 3.63) is 23.3 Å². The number of hydrogen-bond acceptors (Lipinski definition) is 3. The molecule has 0 atom stereocenters. The maximum atomic E-state index is 10.9. The molecule has 0 fully saturated rings. The Morgan fingerprint density at radius 3 is 2.56 bits per heavy atom. The van der Waals surface area contributed by atoms with E-state index in [9.17, 15) is 4.79 Å². The number of carbonyl (C=O) groups is 1. The van der Waals surface area contributed by atoms with Gasteiger partial charge in [0.15, 0.2) is 0 Å². The van der Waals surface area contributed by atoms with Gasteiger partial charge in [-0.05, 0) is 44.4 Å². The zero-order valence-electron chi connectivity index (χ0n) is 12.0. The summed E-state index contributed by atoms with van der Waals surface area (Å²) >= 11 is 0. The maximum Gasteiger partial charge on any atom is 0.145 e. The van der Waals surface area contributed by atoms with Gasteiger partial charge in [-0.1, -0.05) is 6.07 Å². The van der Waals surface area contributed by atoms with Crippen LogP contribution in [-0.2, 0) is 4.79 Å². The summed E-state index contributed by atoms with van der Waals surface area (Å²) in [4.78, 5) is 13.1. The summed E-state index contributed by atoms with van der Waals surface area (Å²) < 4.78 is 5.47. The number of aryl methyl sites for hydroxylation is 2. The fraction of sp³-hybridized carbons (Fsp3) is 0.533. The lowest BCUT2D eigenvalue weighted by Crippen LogP contribution is -2.20. The number of hydrogen-bond donors (Lipinski definition) is 0. The van der Waals surface area contributed by atoms with E-state index in [1.807, 2.05) is 7.05 Å². The standard InChI is InChI=1S/C15H23NO2/c1-11-9-12(2)15(18-5)14(10-11)16(4)8-6-7-13(3)17/h9-10H,6-8H2,1-5H3. The molecule has 0 N–H and O–H groups in total. The van der Waals surface area contributed by atoms with Crippen LogP contribution in [-0.4, -0.2) is 26.5 Å². The number of carbonyl (C=O) groups excluding carboxylic acids is 1. The van der Waals surface area contributed by atoms with Crippen LogP contribution in [0.3, 0.4) is 0 Å². The van der Waals surface area contributed by atoms with Crippen molar-refractivity contribution in [2.75, 3.05) is 25.6 Å². The Kier molecular flexibility index (Phi) is 5.20. The average molecular weight is 249 g/mol. The minimum Gasteiger partial charge on any atom is -0.494 e. The second-order valence-corrected chi connectivity index (χ2v) is 4.86. The van der Waals surface area contributed by atoms with Gasteiger partial charge in [0.2, 0.25) is 0 Å². The lowest BCUT2D eigenvalue weighted by atomic mass is 10.1. The maximum absolute atomic E-state index is 10.9. The highest BCUT2D eigenvalue weighted by Crippen LogP contribution is 2.32. The van der Waals surface area contributed by atoms with E-state index in [1.54, 1.807) is 14.0 Å². The van der Waals surface area contributed by atoms with Gasteiger partial charge in [0, 0.05) is 20.0 Å². The van der Waals surface area contributed by atoms with E-state index in [-0.39, 0.29) is 5.78 Å². The summed E-state index contributed by atoms with van der Waals surface area (Å²) in [6, 6.07) is 4.24. The molecule has 1 rings (SSSR count). The first-order valence-corrected chi connectivity index (χ1v) is 6.31. The fourth-order valence-electron chi connectivity index (χ4n) is 2.17. The van der Waals surface area contributed by atoms with Gasteiger partial charge in [-0.2, -0.15) is 0 Å². The van der Waals surface area contributed by atoms with Crippen molar-refractivity contribution in [1.82, 2.24) is 0 Å². The van der Waals surface area contributed by atoms with Gasteiger partial charge in [0.25, 0.3) is 0 Å². The van der Waals surface area contributed by atoms with Crippen LogP contribution in [0.2, 0.25) is 0 Å². The number of methoxy groups -OCH3 is 1. The third kappa shape index (κ3) is 3.76. The Hall–Kier alpha value is -1.51. The molecule has 0 aromatic heterocycles. The van der Waals surface area contributed by atoms with E-state index < -0.39 is 0 Å². The van der Waals surface area contributed by atoms with Crippen LogP contribution in [0.25, 0.3) is 0 Å². The number of ketones is 1. The van der Waals surface area contributed by atoms with Gasteiger partial charge in [-0.25, -0.2) is 0 Å². The third-order valence-corrected chi connectivity index (χ3v) is 3.04. The SMILES string of the molecule is COc1c(C)cc(C)cc1N(C)CCCC(C)=O. The van der Waals surface area contributed by atoms with E-state index >= 15 is 0 Å². The van der Waals surface area contributed by atoms with Gasteiger partial charge in [0.05, 0.1) is 12.8 Å². The summed E-state index contributed by atoms with van der Waals surface area (Å²) in [5.74, 6) is 1.17. The normalized spacial score (nSPS) is 10.3. The fourth-order valence-corrected chi connectivity index (χ4v) is 2.17. The second kappa shape index (κ2) is 6.43. The Bertz CT molecular complexity index is 427. The van der Waals surface area contributed by atoms with Crippen molar-refractivity contribution >= 4 is 11.5 Å². The molecule has 0 aliphatic rings. The molecule has 100 valence electrons. The van der Waals surface area contributed by atoms with E-state index in [0.717, 1.165) is 30.0 Å². The van der Waals surface area contributed by atoms with Gasteiger partial charge in [-0.3, -0.25) is 0 Å². The topological polar surface area (TPSA) is 29.5 Å². The van der Waals surface area contributed by atoms with Crippen molar-refractivity contribution in [2.45, 2.75) is 33.6 Å². The molecule has 1 aromatic carbocycles. The van der Waals surface area contributed by atoms with E-state index in [2.05, 4.69) is 30.9 Å². The minimum atomic E-state index is 0.246. The predicted molar refractivity (Wildman–Crippen MR) is 75.7 cm³/mol. The molecule has 0 aliphatic carbocycles. The lowest BCUT2D eigenvalue weighted by molar-refractivity contribution is -0.117. The highest BCUT2D eigenvalue weighted by atomic mass is 16.5. The van der Waals surface area contributed by atoms with Gasteiger partial charge in [-0.15, -0.1) is 0 Å². The lowest BCUT2D eigenvalue weighted by Gasteiger charge is -2.23. The van der Waals surface area contributed by atoms with Crippen molar-refractivity contribution in [3.8, 4) is 5.75 Å². The number of anilines is 1. The van der Waals surface area contributed by atoms with Crippen molar-refractivity contribution in [3.63, 3.8) is 0 Å². The summed E-state index contributed by atoms with van der Waals surface area (Å²) in [5.41, 5.74) is 3.46. The van der Waals surface area contributed by atoms with Gasteiger partial charge in [0.1, 0.15) is 11.5 Å². The minimum absolute atomic E-state index is 0.246. The Morgan fingerprint density at radius 1 is 1.33 bits per heavy atom. The molecule has 18 heavy (non-hydrogen) atoms. The van der Waals surface area contributed by atoms with Crippen LogP contribution in [0.15, 0.2) is 12.1 Å². The molecule has 1 aromatic rings. The summed E-state index contributed by atoms with van der Waals surface area (Å²) in [6.45, 7) is 6.63. The van der Waals surface area contributed by atoms with Crippen LogP contribution >= 0.6 is 0 Å². The first-order chi connectivity index (χ1) is 8.45. The van der Waals surface area contributed by atoms with Crippen LogP contribution < -0.4 is 9.64 Å². The zero-order chi connectivity index (χ0) is 13.7. The molecular weight excluding hydrogens is 226 g/mol. The molecule has 0 saturated carbocycles. The molecule has 0 unspecified atom stereocenters. The number of rotatable bonds is 6. The molecule has 0 saturated heterocycles. The number of Topliss-reactive ketones (excluding diaryl/α,β-unsaturated/α-hetero) is 1. The molecule has 0 bridgehead atoms. The van der Waals surface area contributed by atoms with Gasteiger partial charge < -0.3 is 14.4 Å². The zero-order valence-corrected chi connectivity index (χ0v) is 12.0. The summed E-state index contributed by atoms with van der Waals surface area (Å²) in [7, 11) is 3.74. The van der Waals surface area contributed by atoms with E-state index in [0.29, 0.717) is 6.42 Å². The Balaban J connectivity index is 2.83. The van der Waals surface area contributed by atoms with Gasteiger partial charge >= 0.3 is 0 Å². The van der Waals surface area contributed by atoms with E-state index in [4.69, 9.17) is 4.74 Å². The van der Waals surface area contributed by atoms with Crippen LogP contribution in [0.4, 0.5) is 5.69 Å². The molecule has 0 heterocycles. The third-order valence-electron chi connectivity index (χ3n) is 3.04. The van der Waals surface area contributed by atoms with Crippen LogP contribution in [0.5, 0.6) is 5.75 Å². The molecule has 0 aliphatic heterocycles. The molecule has 0 amide bonds. The Morgan fingerprint density at radius 2 is 2.00 bits per heavy atom. The van der Waals surface area contributed by atoms with Crippen molar-refractivity contribution < 1.29 is 9.53 Å². The molecule has 0 spiro atoms. The molecule has 3 nitrogen and oxygen atoms in total. The first kappa shape index (κ1) is 14.6. The Labute approximate surface area is 110 Å². The highest BCUT2D eigenvalue weighted by Gasteiger charge is 2.11. The number of ether oxygens (including phenoxy) is 1. The molecular formula is C15H23NO2. The van der Waals surface area contributed by atoms with Crippen LogP contribution in [0, 0.1) is 13.8 Å². The van der Waals surface area contributed by atoms with Crippen LogP contribution in [0.1, 0.15) is 30.9 Å². The predicted octanol–water partition coefficient (Wildman–Crippen LogP) is 3.12. The van der Waals surface area contributed by atoms with Crippen molar-refractivity contribution in [2.24, 2.45) is 0 Å². The van der Waals surface area contributed by atoms with Crippen molar-refractivity contribution in [1.29, 1.82) is 0 Å². The first-order valence-electron chi connectivity index (χ1n) is 6.31. The quantitative estimate of drug-likeness (QED) is 0.775. The molecule has 0 radical (unpaired) electrons. The molecule has 3 heteroatoms. The number of benzene rings is 1. The smallest absolute Gasteiger partial charge is 0.145 e. The highest BCUT2D eigenvalue weighted by molar-refractivity contribution is 5.75. The monoisotopic (exact) mass is 249 g/mol. The number of nitrogens with zero attached hydrogens (tertiary/aromatic N) is 1. The average Bonchev–Trinajstić information content (AvgIpc) is 2.27.